The monoisotopic (exact) mass is 209 g/mol. The van der Waals surface area contributed by atoms with Crippen molar-refractivity contribution in [2.45, 2.75) is 12.5 Å². The van der Waals surface area contributed by atoms with Crippen molar-refractivity contribution in [1.29, 1.82) is 0 Å². The SMILES string of the molecule is OCC(O)CNc1cccc2c1CCO2. The van der Waals surface area contributed by atoms with Crippen molar-refractivity contribution in [3.8, 4) is 5.75 Å². The third-order valence-corrected chi connectivity index (χ3v) is 2.48. The van der Waals surface area contributed by atoms with Crippen LogP contribution in [0.3, 0.4) is 0 Å². The number of hydrogen-bond donors (Lipinski definition) is 3. The fourth-order valence-electron chi connectivity index (χ4n) is 1.68. The van der Waals surface area contributed by atoms with Crippen LogP contribution in [0.1, 0.15) is 5.56 Å². The van der Waals surface area contributed by atoms with Gasteiger partial charge in [0.25, 0.3) is 0 Å². The van der Waals surface area contributed by atoms with Gasteiger partial charge in [-0.15, -0.1) is 0 Å². The van der Waals surface area contributed by atoms with Gasteiger partial charge in [0.15, 0.2) is 0 Å². The molecule has 1 heterocycles. The van der Waals surface area contributed by atoms with E-state index in [4.69, 9.17) is 9.84 Å². The molecule has 1 aliphatic rings. The number of nitrogens with one attached hydrogen (secondary N) is 1. The molecule has 0 radical (unpaired) electrons. The fraction of sp³-hybridized carbons (Fsp3) is 0.455. The molecule has 0 bridgehead atoms. The van der Waals surface area contributed by atoms with Gasteiger partial charge in [-0.05, 0) is 12.1 Å². The molecule has 0 saturated heterocycles. The zero-order valence-corrected chi connectivity index (χ0v) is 8.44. The maximum Gasteiger partial charge on any atom is 0.124 e. The summed E-state index contributed by atoms with van der Waals surface area (Å²) in [5.41, 5.74) is 2.14. The lowest BCUT2D eigenvalue weighted by molar-refractivity contribution is 0.105. The molecule has 15 heavy (non-hydrogen) atoms. The van der Waals surface area contributed by atoms with Gasteiger partial charge in [-0.1, -0.05) is 6.07 Å². The van der Waals surface area contributed by atoms with Crippen molar-refractivity contribution in [2.24, 2.45) is 0 Å². The Morgan fingerprint density at radius 1 is 1.47 bits per heavy atom. The van der Waals surface area contributed by atoms with E-state index in [0.717, 1.165) is 30.0 Å². The van der Waals surface area contributed by atoms with Crippen molar-refractivity contribution < 1.29 is 14.9 Å². The summed E-state index contributed by atoms with van der Waals surface area (Å²) in [5, 5.41) is 21.0. The van der Waals surface area contributed by atoms with Crippen molar-refractivity contribution in [3.63, 3.8) is 0 Å². The average molecular weight is 209 g/mol. The molecule has 2 rings (SSSR count). The molecule has 1 atom stereocenters. The molecule has 3 N–H and O–H groups in total. The van der Waals surface area contributed by atoms with E-state index in [-0.39, 0.29) is 6.61 Å². The molecule has 0 amide bonds. The van der Waals surface area contributed by atoms with E-state index in [1.54, 1.807) is 0 Å². The third-order valence-electron chi connectivity index (χ3n) is 2.48. The maximum atomic E-state index is 9.22. The molecule has 1 unspecified atom stereocenters. The van der Waals surface area contributed by atoms with Crippen LogP contribution >= 0.6 is 0 Å². The van der Waals surface area contributed by atoms with Gasteiger partial charge >= 0.3 is 0 Å². The van der Waals surface area contributed by atoms with E-state index >= 15 is 0 Å². The minimum absolute atomic E-state index is 0.224. The first-order valence-corrected chi connectivity index (χ1v) is 5.08. The van der Waals surface area contributed by atoms with Crippen LogP contribution in [0.15, 0.2) is 18.2 Å². The minimum atomic E-state index is -0.719. The van der Waals surface area contributed by atoms with Crippen LogP contribution in [0.2, 0.25) is 0 Å². The van der Waals surface area contributed by atoms with Gasteiger partial charge in [0.1, 0.15) is 5.75 Å². The van der Waals surface area contributed by atoms with E-state index in [1.807, 2.05) is 18.2 Å². The molecule has 1 aromatic rings. The summed E-state index contributed by atoms with van der Waals surface area (Å²) in [6, 6.07) is 5.81. The molecule has 4 heteroatoms. The molecule has 4 nitrogen and oxygen atoms in total. The van der Waals surface area contributed by atoms with Gasteiger partial charge in [-0.2, -0.15) is 0 Å². The second-order valence-electron chi connectivity index (χ2n) is 3.60. The highest BCUT2D eigenvalue weighted by Gasteiger charge is 2.15. The quantitative estimate of drug-likeness (QED) is 0.671. The summed E-state index contributed by atoms with van der Waals surface area (Å²) in [7, 11) is 0. The Balaban J connectivity index is 2.06. The Labute approximate surface area is 88.5 Å². The standard InChI is InChI=1S/C11H15NO3/c13-7-8(14)6-12-10-2-1-3-11-9(10)4-5-15-11/h1-3,8,12-14H,4-7H2. The molecule has 0 aromatic heterocycles. The normalized spacial score (nSPS) is 15.6. The summed E-state index contributed by atoms with van der Waals surface area (Å²) < 4.78 is 5.42. The Morgan fingerprint density at radius 2 is 2.33 bits per heavy atom. The first kappa shape index (κ1) is 10.3. The van der Waals surface area contributed by atoms with Crippen LogP contribution in [0.4, 0.5) is 5.69 Å². The van der Waals surface area contributed by atoms with E-state index in [0.29, 0.717) is 6.54 Å². The third kappa shape index (κ3) is 2.22. The summed E-state index contributed by atoms with van der Waals surface area (Å²) in [6.07, 6.45) is 0.177. The van der Waals surface area contributed by atoms with E-state index < -0.39 is 6.10 Å². The highest BCUT2D eigenvalue weighted by atomic mass is 16.5. The Bertz CT molecular complexity index is 341. The summed E-state index contributed by atoms with van der Waals surface area (Å²) in [5.74, 6) is 0.915. The van der Waals surface area contributed by atoms with Crippen molar-refractivity contribution in [1.82, 2.24) is 0 Å². The number of benzene rings is 1. The van der Waals surface area contributed by atoms with Crippen LogP contribution in [-0.2, 0) is 6.42 Å². The minimum Gasteiger partial charge on any atom is -0.493 e. The Morgan fingerprint density at radius 3 is 3.13 bits per heavy atom. The molecular formula is C11H15NO3. The summed E-state index contributed by atoms with van der Waals surface area (Å²) >= 11 is 0. The highest BCUT2D eigenvalue weighted by Crippen LogP contribution is 2.31. The number of fused-ring (bicyclic) bond motifs is 1. The van der Waals surface area contributed by atoms with Gasteiger partial charge in [0.2, 0.25) is 0 Å². The van der Waals surface area contributed by atoms with Crippen LogP contribution < -0.4 is 10.1 Å². The van der Waals surface area contributed by atoms with E-state index in [2.05, 4.69) is 5.32 Å². The van der Waals surface area contributed by atoms with Gasteiger partial charge in [-0.3, -0.25) is 0 Å². The van der Waals surface area contributed by atoms with Crippen molar-refractivity contribution in [3.05, 3.63) is 23.8 Å². The first-order valence-electron chi connectivity index (χ1n) is 5.08. The van der Waals surface area contributed by atoms with E-state index in [1.165, 1.54) is 0 Å². The molecule has 0 aliphatic carbocycles. The number of hydrogen-bond acceptors (Lipinski definition) is 4. The highest BCUT2D eigenvalue weighted by molar-refractivity contribution is 5.59. The molecule has 1 aliphatic heterocycles. The number of aliphatic hydroxyl groups is 2. The van der Waals surface area contributed by atoms with Crippen LogP contribution in [0.25, 0.3) is 0 Å². The van der Waals surface area contributed by atoms with E-state index in [9.17, 15) is 5.11 Å². The van der Waals surface area contributed by atoms with Crippen molar-refractivity contribution in [2.75, 3.05) is 25.1 Å². The van der Waals surface area contributed by atoms with Gasteiger partial charge in [0.05, 0.1) is 19.3 Å². The molecule has 0 spiro atoms. The largest absolute Gasteiger partial charge is 0.493 e. The second kappa shape index (κ2) is 4.51. The lowest BCUT2D eigenvalue weighted by atomic mass is 10.1. The maximum absolute atomic E-state index is 9.22. The van der Waals surface area contributed by atoms with Gasteiger partial charge < -0.3 is 20.3 Å². The smallest absolute Gasteiger partial charge is 0.124 e. The average Bonchev–Trinajstić information content (AvgIpc) is 2.74. The number of aliphatic hydroxyl groups excluding tert-OH is 2. The number of ether oxygens (including phenoxy) is 1. The fourth-order valence-corrected chi connectivity index (χ4v) is 1.68. The predicted molar refractivity (Wildman–Crippen MR) is 57.2 cm³/mol. The summed E-state index contributed by atoms with van der Waals surface area (Å²) in [6.45, 7) is 0.849. The van der Waals surface area contributed by atoms with Gasteiger partial charge in [0, 0.05) is 24.2 Å². The molecule has 0 saturated carbocycles. The molecule has 0 fully saturated rings. The molecule has 82 valence electrons. The van der Waals surface area contributed by atoms with Gasteiger partial charge in [-0.25, -0.2) is 0 Å². The molecule has 1 aromatic carbocycles. The lowest BCUT2D eigenvalue weighted by Crippen LogP contribution is -2.23. The zero-order valence-electron chi connectivity index (χ0n) is 8.44. The second-order valence-corrected chi connectivity index (χ2v) is 3.60. The first-order chi connectivity index (χ1) is 7.31. The molecular weight excluding hydrogens is 194 g/mol. The van der Waals surface area contributed by atoms with Crippen LogP contribution in [0.5, 0.6) is 5.75 Å². The van der Waals surface area contributed by atoms with Crippen LogP contribution in [-0.4, -0.2) is 36.1 Å². The zero-order chi connectivity index (χ0) is 10.7. The Hall–Kier alpha value is -1.26. The predicted octanol–water partition coefficient (Wildman–Crippen LogP) is 0.387. The van der Waals surface area contributed by atoms with Crippen molar-refractivity contribution >= 4 is 5.69 Å². The topological polar surface area (TPSA) is 61.7 Å². The Kier molecular flexibility index (Phi) is 3.08. The number of rotatable bonds is 4. The lowest BCUT2D eigenvalue weighted by Gasteiger charge is -2.12. The number of anilines is 1. The summed E-state index contributed by atoms with van der Waals surface area (Å²) in [4.78, 5) is 0. The van der Waals surface area contributed by atoms with Crippen LogP contribution in [0, 0.1) is 0 Å².